The number of methoxy groups -OCH3 is 1. The maximum atomic E-state index is 13.2. The average Bonchev–Trinajstić information content (AvgIpc) is 3.30. The number of carbonyl (C=O) groups excluding carboxylic acids is 1. The molecule has 0 aliphatic carbocycles. The Hall–Kier alpha value is -4.09. The van der Waals surface area contributed by atoms with Gasteiger partial charge in [-0.1, -0.05) is 60.1 Å². The van der Waals surface area contributed by atoms with Crippen LogP contribution in [0, 0.1) is 0 Å². The molecule has 1 N–H and O–H groups in total. The molecule has 0 aliphatic rings. The third-order valence-corrected chi connectivity index (χ3v) is 7.01. The molecule has 3 aromatic carbocycles. The largest absolute Gasteiger partial charge is 0.497 e. The molecule has 0 spiro atoms. The lowest BCUT2D eigenvalue weighted by atomic mass is 9.88. The first-order valence-electron chi connectivity index (χ1n) is 12.7. The van der Waals surface area contributed by atoms with Crippen LogP contribution in [0.15, 0.2) is 103 Å². The van der Waals surface area contributed by atoms with Crippen LogP contribution >= 0.6 is 11.6 Å². The Kier molecular flexibility index (Phi) is 8.05. The van der Waals surface area contributed by atoms with Gasteiger partial charge in [0.1, 0.15) is 5.75 Å². The molecule has 0 fully saturated rings. The van der Waals surface area contributed by atoms with Crippen LogP contribution in [0.5, 0.6) is 5.75 Å². The maximum Gasteiger partial charge on any atom is 0.220 e. The fourth-order valence-corrected chi connectivity index (χ4v) is 5.07. The fourth-order valence-electron chi connectivity index (χ4n) is 4.88. The summed E-state index contributed by atoms with van der Waals surface area (Å²) in [5.41, 5.74) is 5.38. The van der Waals surface area contributed by atoms with Crippen molar-refractivity contribution in [2.24, 2.45) is 0 Å². The second kappa shape index (κ2) is 12.0. The number of halogens is 1. The van der Waals surface area contributed by atoms with E-state index >= 15 is 0 Å². The van der Waals surface area contributed by atoms with E-state index in [0.717, 1.165) is 33.5 Å². The zero-order valence-corrected chi connectivity index (χ0v) is 22.1. The molecule has 0 radical (unpaired) electrons. The van der Waals surface area contributed by atoms with E-state index in [1.807, 2.05) is 60.7 Å². The van der Waals surface area contributed by atoms with E-state index < -0.39 is 0 Å². The van der Waals surface area contributed by atoms with Crippen molar-refractivity contribution in [2.45, 2.75) is 25.3 Å². The van der Waals surface area contributed by atoms with Crippen LogP contribution < -0.4 is 10.1 Å². The average molecular weight is 524 g/mol. The Balaban J connectivity index is 1.44. The van der Waals surface area contributed by atoms with Gasteiger partial charge in [-0.2, -0.15) is 0 Å². The zero-order valence-electron chi connectivity index (χ0n) is 21.3. The molecule has 1 atom stereocenters. The van der Waals surface area contributed by atoms with E-state index in [-0.39, 0.29) is 11.8 Å². The van der Waals surface area contributed by atoms with Gasteiger partial charge in [0.05, 0.1) is 7.11 Å². The minimum atomic E-state index is -0.148. The molecule has 2 aromatic heterocycles. The predicted molar refractivity (Wildman–Crippen MR) is 153 cm³/mol. The van der Waals surface area contributed by atoms with Gasteiger partial charge in [0, 0.05) is 65.9 Å². The third kappa shape index (κ3) is 6.06. The molecule has 0 unspecified atom stereocenters. The van der Waals surface area contributed by atoms with E-state index in [1.165, 1.54) is 5.56 Å². The molecule has 192 valence electrons. The third-order valence-electron chi connectivity index (χ3n) is 6.78. The summed E-state index contributed by atoms with van der Waals surface area (Å²) in [5, 5.41) is 4.88. The van der Waals surface area contributed by atoms with Gasteiger partial charge in [0.15, 0.2) is 0 Å². The number of hydrogen-bond acceptors (Lipinski definition) is 3. The van der Waals surface area contributed by atoms with E-state index in [0.29, 0.717) is 31.0 Å². The van der Waals surface area contributed by atoms with Gasteiger partial charge in [-0.3, -0.25) is 9.78 Å². The fraction of sp³-hybridized carbons (Fsp3) is 0.188. The van der Waals surface area contributed by atoms with Gasteiger partial charge >= 0.3 is 0 Å². The molecule has 0 saturated heterocycles. The molecule has 1 amide bonds. The Labute approximate surface area is 228 Å². The van der Waals surface area contributed by atoms with Crippen molar-refractivity contribution in [3.05, 3.63) is 131 Å². The molecule has 0 saturated carbocycles. The van der Waals surface area contributed by atoms with E-state index in [1.54, 1.807) is 13.3 Å². The molecule has 5 rings (SSSR count). The van der Waals surface area contributed by atoms with Crippen molar-refractivity contribution < 1.29 is 9.53 Å². The lowest BCUT2D eigenvalue weighted by molar-refractivity contribution is -0.121. The van der Waals surface area contributed by atoms with Crippen LogP contribution in [0.1, 0.15) is 34.7 Å². The number of aromatic nitrogens is 2. The Bertz CT molecular complexity index is 1510. The summed E-state index contributed by atoms with van der Waals surface area (Å²) in [5.74, 6) is 0.686. The highest BCUT2D eigenvalue weighted by atomic mass is 35.5. The van der Waals surface area contributed by atoms with Crippen LogP contribution in [0.25, 0.3) is 10.9 Å². The van der Waals surface area contributed by atoms with Crippen molar-refractivity contribution >= 4 is 28.4 Å². The van der Waals surface area contributed by atoms with E-state index in [2.05, 4.69) is 51.4 Å². The molecule has 5 nitrogen and oxygen atoms in total. The maximum absolute atomic E-state index is 13.2. The van der Waals surface area contributed by atoms with Crippen LogP contribution in [0.3, 0.4) is 0 Å². The molecule has 38 heavy (non-hydrogen) atoms. The Morgan fingerprint density at radius 2 is 1.82 bits per heavy atom. The summed E-state index contributed by atoms with van der Waals surface area (Å²) < 4.78 is 7.57. The Morgan fingerprint density at radius 3 is 2.58 bits per heavy atom. The summed E-state index contributed by atoms with van der Waals surface area (Å²) in [6, 6.07) is 30.1. The number of hydrogen-bond donors (Lipinski definition) is 1. The number of nitrogens with one attached hydrogen (secondary N) is 1. The van der Waals surface area contributed by atoms with Gasteiger partial charge in [-0.25, -0.2) is 0 Å². The van der Waals surface area contributed by atoms with Crippen LogP contribution in [-0.2, 0) is 17.8 Å². The topological polar surface area (TPSA) is 56.1 Å². The highest BCUT2D eigenvalue weighted by molar-refractivity contribution is 6.30. The standard InChI is InChI=1S/C32H30ClN3O2/c1-38-27-14-12-23(13-15-27)21-36-22-30(28-10-2-3-11-31(28)36)29(24-7-6-8-25(33)19-24)20-32(37)35-18-16-26-9-4-5-17-34-26/h2-15,17,19,22,29H,16,18,20-21H2,1H3,(H,35,37)/t29-/m1/s1. The number of ether oxygens (including phenoxy) is 1. The van der Waals surface area contributed by atoms with Gasteiger partial charge in [-0.15, -0.1) is 0 Å². The minimum absolute atomic E-state index is 0.00195. The monoisotopic (exact) mass is 523 g/mol. The molecule has 0 aliphatic heterocycles. The zero-order chi connectivity index (χ0) is 26.3. The van der Waals surface area contributed by atoms with Gasteiger partial charge in [0.25, 0.3) is 0 Å². The molecule has 6 heteroatoms. The summed E-state index contributed by atoms with van der Waals surface area (Å²) >= 11 is 6.40. The summed E-state index contributed by atoms with van der Waals surface area (Å²) in [7, 11) is 1.67. The summed E-state index contributed by atoms with van der Waals surface area (Å²) in [6.45, 7) is 1.25. The van der Waals surface area contributed by atoms with Crippen LogP contribution in [-0.4, -0.2) is 29.1 Å². The lowest BCUT2D eigenvalue weighted by Gasteiger charge is -2.18. The molecule has 2 heterocycles. The van der Waals surface area contributed by atoms with Crippen LogP contribution in [0.2, 0.25) is 5.02 Å². The molecule has 5 aromatic rings. The number of benzene rings is 3. The summed E-state index contributed by atoms with van der Waals surface area (Å²) in [6.07, 6.45) is 4.96. The van der Waals surface area contributed by atoms with E-state index in [4.69, 9.17) is 16.3 Å². The SMILES string of the molecule is COc1ccc(Cn2cc([C@H](CC(=O)NCCc3ccccn3)c3cccc(Cl)c3)c3ccccc32)cc1. The van der Waals surface area contributed by atoms with E-state index in [9.17, 15) is 4.79 Å². The second-order valence-corrected chi connectivity index (χ2v) is 9.75. The van der Waals surface area contributed by atoms with Crippen molar-refractivity contribution in [3.63, 3.8) is 0 Å². The molecule has 0 bridgehead atoms. The predicted octanol–water partition coefficient (Wildman–Crippen LogP) is 6.63. The smallest absolute Gasteiger partial charge is 0.220 e. The molecular weight excluding hydrogens is 494 g/mol. The number of rotatable bonds is 10. The van der Waals surface area contributed by atoms with Gasteiger partial charge in [-0.05, 0) is 59.2 Å². The summed E-state index contributed by atoms with van der Waals surface area (Å²) in [4.78, 5) is 17.5. The number of nitrogens with zero attached hydrogens (tertiary/aromatic N) is 2. The van der Waals surface area contributed by atoms with Crippen molar-refractivity contribution in [2.75, 3.05) is 13.7 Å². The van der Waals surface area contributed by atoms with Gasteiger partial charge < -0.3 is 14.6 Å². The quantitative estimate of drug-likeness (QED) is 0.223. The van der Waals surface area contributed by atoms with Crippen LogP contribution in [0.4, 0.5) is 0 Å². The molecular formula is C32H30ClN3O2. The minimum Gasteiger partial charge on any atom is -0.497 e. The number of amides is 1. The normalized spacial score (nSPS) is 11.8. The second-order valence-electron chi connectivity index (χ2n) is 9.31. The number of carbonyl (C=O) groups is 1. The first kappa shape index (κ1) is 25.6. The number of pyridine rings is 1. The van der Waals surface area contributed by atoms with Crippen molar-refractivity contribution in [1.29, 1.82) is 0 Å². The number of fused-ring (bicyclic) bond motifs is 1. The first-order chi connectivity index (χ1) is 18.6. The van der Waals surface area contributed by atoms with Crippen molar-refractivity contribution in [1.82, 2.24) is 14.9 Å². The van der Waals surface area contributed by atoms with Gasteiger partial charge in [0.2, 0.25) is 5.91 Å². The highest BCUT2D eigenvalue weighted by Crippen LogP contribution is 2.36. The van der Waals surface area contributed by atoms with Crippen molar-refractivity contribution in [3.8, 4) is 5.75 Å². The Morgan fingerprint density at radius 1 is 1.00 bits per heavy atom. The lowest BCUT2D eigenvalue weighted by Crippen LogP contribution is -2.27. The number of para-hydroxylation sites is 1. The highest BCUT2D eigenvalue weighted by Gasteiger charge is 2.23. The first-order valence-corrected chi connectivity index (χ1v) is 13.1.